The molecule has 18 heavy (non-hydrogen) atoms. The van der Waals surface area contributed by atoms with Gasteiger partial charge in [-0.1, -0.05) is 13.8 Å². The van der Waals surface area contributed by atoms with Crippen molar-refractivity contribution in [1.29, 1.82) is 0 Å². The molecule has 1 saturated carbocycles. The molecule has 0 amide bonds. The Kier molecular flexibility index (Phi) is 3.75. The summed E-state index contributed by atoms with van der Waals surface area (Å²) in [6, 6.07) is -0.0291. The van der Waals surface area contributed by atoms with Gasteiger partial charge < -0.3 is 20.1 Å². The zero-order valence-corrected chi connectivity index (χ0v) is 11.3. The Morgan fingerprint density at radius 1 is 1.67 bits per heavy atom. The van der Waals surface area contributed by atoms with Gasteiger partial charge in [-0.05, 0) is 13.3 Å². The lowest BCUT2D eigenvalue weighted by Crippen LogP contribution is -2.51. The third-order valence-electron chi connectivity index (χ3n) is 4.10. The molecule has 5 heteroatoms. The van der Waals surface area contributed by atoms with Crippen LogP contribution in [-0.2, 0) is 4.74 Å². The van der Waals surface area contributed by atoms with Gasteiger partial charge in [0.05, 0.1) is 30.8 Å². The first-order valence-corrected chi connectivity index (χ1v) is 6.52. The highest BCUT2D eigenvalue weighted by molar-refractivity contribution is 5.12. The predicted molar refractivity (Wildman–Crippen MR) is 69.1 cm³/mol. The van der Waals surface area contributed by atoms with E-state index in [0.717, 1.165) is 18.7 Å². The molecule has 0 aromatic carbocycles. The molecular weight excluding hydrogens is 230 g/mol. The number of aliphatic hydroxyl groups excluding tert-OH is 1. The molecule has 102 valence electrons. The lowest BCUT2D eigenvalue weighted by Gasteiger charge is -2.52. The minimum atomic E-state index is -0.366. The number of aromatic nitrogens is 2. The minimum absolute atomic E-state index is 0.0618. The Morgan fingerprint density at radius 3 is 2.94 bits per heavy atom. The zero-order valence-electron chi connectivity index (χ0n) is 11.3. The molecule has 0 bridgehead atoms. The molecule has 3 atom stereocenters. The molecule has 0 spiro atoms. The molecule has 0 saturated heterocycles. The lowest BCUT2D eigenvalue weighted by molar-refractivity contribution is -0.128. The number of rotatable bonds is 5. The summed E-state index contributed by atoms with van der Waals surface area (Å²) in [4.78, 5) is 4.16. The average Bonchev–Trinajstić information content (AvgIpc) is 2.81. The van der Waals surface area contributed by atoms with E-state index in [0.29, 0.717) is 6.04 Å². The normalized spacial score (nSPS) is 27.8. The molecule has 1 heterocycles. The van der Waals surface area contributed by atoms with E-state index in [1.807, 2.05) is 6.92 Å². The molecule has 2 rings (SSSR count). The highest BCUT2D eigenvalue weighted by Gasteiger charge is 2.50. The van der Waals surface area contributed by atoms with E-state index >= 15 is 0 Å². The van der Waals surface area contributed by atoms with Gasteiger partial charge in [-0.2, -0.15) is 0 Å². The van der Waals surface area contributed by atoms with Gasteiger partial charge in [-0.25, -0.2) is 4.98 Å². The number of nitrogens with two attached hydrogens (primary N) is 1. The van der Waals surface area contributed by atoms with Crippen molar-refractivity contribution >= 4 is 0 Å². The van der Waals surface area contributed by atoms with Gasteiger partial charge >= 0.3 is 0 Å². The van der Waals surface area contributed by atoms with Crippen molar-refractivity contribution in [3.05, 3.63) is 18.2 Å². The first kappa shape index (κ1) is 13.5. The maximum absolute atomic E-state index is 9.18. The summed E-state index contributed by atoms with van der Waals surface area (Å²) in [7, 11) is 0. The van der Waals surface area contributed by atoms with Gasteiger partial charge in [0.2, 0.25) is 0 Å². The minimum Gasteiger partial charge on any atom is -0.394 e. The second kappa shape index (κ2) is 4.99. The van der Waals surface area contributed by atoms with Gasteiger partial charge in [-0.15, -0.1) is 0 Å². The zero-order chi connectivity index (χ0) is 13.3. The van der Waals surface area contributed by atoms with Crippen molar-refractivity contribution < 1.29 is 9.84 Å². The number of imidazole rings is 1. The molecule has 3 N–H and O–H groups in total. The number of nitrogens with zero attached hydrogens (tertiary/aromatic N) is 2. The molecule has 0 radical (unpaired) electrons. The smallest absolute Gasteiger partial charge is 0.0951 e. The van der Waals surface area contributed by atoms with Crippen molar-refractivity contribution in [2.75, 3.05) is 13.2 Å². The summed E-state index contributed by atoms with van der Waals surface area (Å²) in [5.41, 5.74) is 6.86. The summed E-state index contributed by atoms with van der Waals surface area (Å²) < 4.78 is 7.83. The average molecular weight is 253 g/mol. The maximum atomic E-state index is 9.18. The van der Waals surface area contributed by atoms with Crippen molar-refractivity contribution in [2.45, 2.75) is 45.4 Å². The molecular formula is C13H23N3O2. The van der Waals surface area contributed by atoms with Gasteiger partial charge in [0.15, 0.2) is 0 Å². The second-order valence-electron chi connectivity index (χ2n) is 5.53. The first-order valence-electron chi connectivity index (χ1n) is 6.52. The summed E-state index contributed by atoms with van der Waals surface area (Å²) in [5.74, 6) is 0. The topological polar surface area (TPSA) is 73.3 Å². The molecule has 1 aliphatic rings. The van der Waals surface area contributed by atoms with Crippen LogP contribution in [0.15, 0.2) is 12.5 Å². The second-order valence-corrected chi connectivity index (χ2v) is 5.53. The Morgan fingerprint density at radius 2 is 2.39 bits per heavy atom. The first-order chi connectivity index (χ1) is 8.52. The van der Waals surface area contributed by atoms with E-state index in [1.165, 1.54) is 0 Å². The molecule has 1 fully saturated rings. The Hall–Kier alpha value is -0.910. The number of ether oxygens (including phenoxy) is 1. The molecule has 1 aliphatic carbocycles. The van der Waals surface area contributed by atoms with Gasteiger partial charge in [0.25, 0.3) is 0 Å². The quantitative estimate of drug-likeness (QED) is 0.828. The van der Waals surface area contributed by atoms with E-state index in [4.69, 9.17) is 10.5 Å². The lowest BCUT2D eigenvalue weighted by atomic mass is 9.64. The van der Waals surface area contributed by atoms with Crippen LogP contribution in [-0.4, -0.2) is 34.0 Å². The summed E-state index contributed by atoms with van der Waals surface area (Å²) in [5, 5.41) is 9.18. The summed E-state index contributed by atoms with van der Waals surface area (Å²) >= 11 is 0. The highest BCUT2D eigenvalue weighted by atomic mass is 16.5. The summed E-state index contributed by atoms with van der Waals surface area (Å²) in [6.07, 6.45) is 4.81. The Labute approximate surface area is 108 Å². The SMILES string of the molecule is CCOC1CC(n2cncc2C(N)CO)C1(C)C. The number of aliphatic hydroxyl groups is 1. The van der Waals surface area contributed by atoms with Crippen molar-refractivity contribution in [2.24, 2.45) is 11.1 Å². The molecule has 1 aromatic rings. The van der Waals surface area contributed by atoms with E-state index < -0.39 is 0 Å². The van der Waals surface area contributed by atoms with Crippen LogP contribution in [0.2, 0.25) is 0 Å². The van der Waals surface area contributed by atoms with E-state index in [9.17, 15) is 5.11 Å². The van der Waals surface area contributed by atoms with Crippen LogP contribution < -0.4 is 5.73 Å². The van der Waals surface area contributed by atoms with E-state index in [-0.39, 0.29) is 24.2 Å². The molecule has 0 aliphatic heterocycles. The van der Waals surface area contributed by atoms with Crippen LogP contribution in [0.3, 0.4) is 0 Å². The predicted octanol–water partition coefficient (Wildman–Crippen LogP) is 1.25. The third kappa shape index (κ3) is 2.06. The number of hydrogen-bond acceptors (Lipinski definition) is 4. The van der Waals surface area contributed by atoms with Crippen molar-refractivity contribution in [3.63, 3.8) is 0 Å². The maximum Gasteiger partial charge on any atom is 0.0951 e. The standard InChI is InChI=1S/C13H23N3O2/c1-4-18-12-5-11(13(12,2)3)16-8-15-6-10(16)9(14)7-17/h6,8-9,11-12,17H,4-5,7,14H2,1-3H3. The molecule has 5 nitrogen and oxygen atoms in total. The monoisotopic (exact) mass is 253 g/mol. The van der Waals surface area contributed by atoms with Crippen LogP contribution in [0.1, 0.15) is 45.0 Å². The largest absolute Gasteiger partial charge is 0.394 e. The van der Waals surface area contributed by atoms with E-state index in [1.54, 1.807) is 12.5 Å². The third-order valence-corrected chi connectivity index (χ3v) is 4.10. The van der Waals surface area contributed by atoms with Gasteiger partial charge in [-0.3, -0.25) is 0 Å². The fourth-order valence-corrected chi connectivity index (χ4v) is 2.78. The van der Waals surface area contributed by atoms with Crippen LogP contribution >= 0.6 is 0 Å². The van der Waals surface area contributed by atoms with Crippen LogP contribution in [0, 0.1) is 5.41 Å². The number of hydrogen-bond donors (Lipinski definition) is 2. The van der Waals surface area contributed by atoms with Crippen molar-refractivity contribution in [3.8, 4) is 0 Å². The van der Waals surface area contributed by atoms with Gasteiger partial charge in [0, 0.05) is 24.3 Å². The van der Waals surface area contributed by atoms with Crippen LogP contribution in [0.4, 0.5) is 0 Å². The fraction of sp³-hybridized carbons (Fsp3) is 0.769. The molecule has 3 unspecified atom stereocenters. The Bertz CT molecular complexity index is 403. The summed E-state index contributed by atoms with van der Waals surface area (Å²) in [6.45, 7) is 7.11. The van der Waals surface area contributed by atoms with Gasteiger partial charge in [0.1, 0.15) is 0 Å². The van der Waals surface area contributed by atoms with Crippen molar-refractivity contribution in [1.82, 2.24) is 9.55 Å². The van der Waals surface area contributed by atoms with Crippen LogP contribution in [0.25, 0.3) is 0 Å². The molecule has 1 aromatic heterocycles. The Balaban J connectivity index is 2.17. The van der Waals surface area contributed by atoms with Crippen LogP contribution in [0.5, 0.6) is 0 Å². The van der Waals surface area contributed by atoms with E-state index in [2.05, 4.69) is 23.4 Å². The highest BCUT2D eigenvalue weighted by Crippen LogP contribution is 2.51. The fourth-order valence-electron chi connectivity index (χ4n) is 2.78.